The number of methoxy groups -OCH3 is 1. The second kappa shape index (κ2) is 8.57. The molecule has 4 rings (SSSR count). The molecule has 1 saturated heterocycles. The van der Waals surface area contributed by atoms with E-state index >= 15 is 0 Å². The summed E-state index contributed by atoms with van der Waals surface area (Å²) < 4.78 is 28.5. The number of rotatable bonds is 4. The molecule has 0 bridgehead atoms. The topological polar surface area (TPSA) is 61.8 Å². The normalized spacial score (nSPS) is 20.6. The molecule has 2 heterocycles. The second-order valence-corrected chi connectivity index (χ2v) is 9.37. The molecule has 29 heavy (non-hydrogen) atoms. The number of carbonyl (C=O) groups is 1. The van der Waals surface area contributed by atoms with Crippen molar-refractivity contribution in [1.29, 1.82) is 0 Å². The van der Waals surface area contributed by atoms with Gasteiger partial charge in [-0.1, -0.05) is 0 Å². The van der Waals surface area contributed by atoms with Gasteiger partial charge in [0.15, 0.2) is 0 Å². The molecule has 0 aromatic heterocycles. The molecule has 0 saturated carbocycles. The maximum Gasteiger partial charge on any atom is 0.337 e. The van der Waals surface area contributed by atoms with Crippen LogP contribution in [0, 0.1) is 12.8 Å². The quantitative estimate of drug-likeness (QED) is 0.710. The minimum atomic E-state index is -0.646. The summed E-state index contributed by atoms with van der Waals surface area (Å²) in [6, 6.07) is 9.57. The summed E-state index contributed by atoms with van der Waals surface area (Å²) in [6.45, 7) is 3.30. The van der Waals surface area contributed by atoms with Gasteiger partial charge in [0.25, 0.3) is 0 Å². The third-order valence-corrected chi connectivity index (χ3v) is 7.07. The van der Waals surface area contributed by atoms with Crippen LogP contribution in [0.15, 0.2) is 30.3 Å². The lowest BCUT2D eigenvalue weighted by atomic mass is 9.92. The van der Waals surface area contributed by atoms with Crippen LogP contribution in [-0.4, -0.2) is 42.0 Å². The second-order valence-electron chi connectivity index (χ2n) is 7.68. The Morgan fingerprint density at radius 1 is 1.21 bits per heavy atom. The molecule has 0 spiro atoms. The summed E-state index contributed by atoms with van der Waals surface area (Å²) in [6.07, 6.45) is 2.71. The van der Waals surface area contributed by atoms with E-state index in [0.29, 0.717) is 24.7 Å². The van der Waals surface area contributed by atoms with E-state index in [1.165, 1.54) is 7.11 Å². The minimum Gasteiger partial charge on any atom is -0.493 e. The van der Waals surface area contributed by atoms with Gasteiger partial charge in [-0.2, -0.15) is 0 Å². The maximum atomic E-state index is 12.0. The van der Waals surface area contributed by atoms with Crippen LogP contribution >= 0.6 is 0 Å². The SMILES string of the molecule is COC(=O)c1ccc2c(c1)-c1c(C)cc(OCC3CCS(=O)CC3)cc1CCO2. The third-order valence-electron chi connectivity index (χ3n) is 5.68. The summed E-state index contributed by atoms with van der Waals surface area (Å²) in [5.41, 5.74) is 4.78. The van der Waals surface area contributed by atoms with Crippen molar-refractivity contribution in [1.82, 2.24) is 0 Å². The number of benzene rings is 2. The number of esters is 1. The van der Waals surface area contributed by atoms with Crippen LogP contribution in [0.2, 0.25) is 0 Å². The Kier molecular flexibility index (Phi) is 5.90. The molecule has 0 amide bonds. The van der Waals surface area contributed by atoms with Gasteiger partial charge in [0, 0.05) is 34.3 Å². The zero-order valence-electron chi connectivity index (χ0n) is 16.9. The van der Waals surface area contributed by atoms with Crippen LogP contribution in [0.3, 0.4) is 0 Å². The number of hydrogen-bond donors (Lipinski definition) is 0. The van der Waals surface area contributed by atoms with Gasteiger partial charge >= 0.3 is 5.97 Å². The van der Waals surface area contributed by atoms with Gasteiger partial charge in [0.1, 0.15) is 11.5 Å². The standard InChI is InChI=1S/C23H26O5S/c1-15-11-19(28-14-16-6-9-29(25)10-7-16)12-17-5-8-27-21-4-3-18(23(24)26-2)13-20(21)22(15)17/h3-4,11-13,16H,5-10,14H2,1-2H3. The van der Waals surface area contributed by atoms with E-state index < -0.39 is 10.8 Å². The summed E-state index contributed by atoms with van der Waals surface area (Å²) in [4.78, 5) is 12.0. The first-order chi connectivity index (χ1) is 14.0. The lowest BCUT2D eigenvalue weighted by molar-refractivity contribution is 0.0600. The summed E-state index contributed by atoms with van der Waals surface area (Å²) in [7, 11) is 0.740. The lowest BCUT2D eigenvalue weighted by Crippen LogP contribution is -2.23. The fraction of sp³-hybridized carbons (Fsp3) is 0.435. The summed E-state index contributed by atoms with van der Waals surface area (Å²) in [5, 5.41) is 0. The van der Waals surface area contributed by atoms with E-state index in [2.05, 4.69) is 19.1 Å². The van der Waals surface area contributed by atoms with Crippen LogP contribution < -0.4 is 9.47 Å². The van der Waals surface area contributed by atoms with E-state index in [0.717, 1.165) is 64.5 Å². The lowest BCUT2D eigenvalue weighted by Gasteiger charge is -2.22. The molecule has 0 aliphatic carbocycles. The Morgan fingerprint density at radius 2 is 2.00 bits per heavy atom. The van der Waals surface area contributed by atoms with Gasteiger partial charge in [-0.15, -0.1) is 0 Å². The van der Waals surface area contributed by atoms with E-state index in [1.54, 1.807) is 6.07 Å². The Labute approximate surface area is 173 Å². The third kappa shape index (κ3) is 4.32. The molecule has 0 unspecified atom stereocenters. The summed E-state index contributed by atoms with van der Waals surface area (Å²) >= 11 is 0. The highest BCUT2D eigenvalue weighted by atomic mass is 32.2. The molecule has 2 aromatic carbocycles. The molecular weight excluding hydrogens is 388 g/mol. The predicted molar refractivity (Wildman–Crippen MR) is 113 cm³/mol. The number of carbonyl (C=O) groups excluding carboxylic acids is 1. The van der Waals surface area contributed by atoms with Gasteiger partial charge in [0.2, 0.25) is 0 Å². The van der Waals surface area contributed by atoms with Gasteiger partial charge in [-0.05, 0) is 72.7 Å². The van der Waals surface area contributed by atoms with Crippen molar-refractivity contribution >= 4 is 16.8 Å². The zero-order valence-corrected chi connectivity index (χ0v) is 17.7. The van der Waals surface area contributed by atoms with Gasteiger partial charge in [-0.25, -0.2) is 4.79 Å². The Bertz CT molecular complexity index is 943. The van der Waals surface area contributed by atoms with Crippen LogP contribution in [0.5, 0.6) is 11.5 Å². The minimum absolute atomic E-state index is 0.357. The molecule has 5 nitrogen and oxygen atoms in total. The average molecular weight is 415 g/mol. The van der Waals surface area contributed by atoms with Gasteiger partial charge < -0.3 is 14.2 Å². The zero-order chi connectivity index (χ0) is 20.4. The van der Waals surface area contributed by atoms with Crippen LogP contribution in [0.1, 0.15) is 34.3 Å². The molecule has 6 heteroatoms. The molecule has 1 fully saturated rings. The highest BCUT2D eigenvalue weighted by Crippen LogP contribution is 2.40. The fourth-order valence-electron chi connectivity index (χ4n) is 4.08. The molecule has 154 valence electrons. The van der Waals surface area contributed by atoms with Crippen molar-refractivity contribution < 1.29 is 23.2 Å². The molecule has 2 aromatic rings. The monoisotopic (exact) mass is 414 g/mol. The van der Waals surface area contributed by atoms with Crippen molar-refractivity contribution in [3.63, 3.8) is 0 Å². The highest BCUT2D eigenvalue weighted by molar-refractivity contribution is 7.85. The Balaban J connectivity index is 1.61. The molecule has 0 radical (unpaired) electrons. The van der Waals surface area contributed by atoms with Crippen LogP contribution in [-0.2, 0) is 22.0 Å². The molecular formula is C23H26O5S. The fourth-order valence-corrected chi connectivity index (χ4v) is 5.48. The Morgan fingerprint density at radius 3 is 2.76 bits per heavy atom. The molecule has 2 aliphatic heterocycles. The van der Waals surface area contributed by atoms with Crippen molar-refractivity contribution in [2.75, 3.05) is 31.8 Å². The van der Waals surface area contributed by atoms with Gasteiger partial charge in [-0.3, -0.25) is 4.21 Å². The first-order valence-electron chi connectivity index (χ1n) is 10.0. The van der Waals surface area contributed by atoms with E-state index in [1.807, 2.05) is 12.1 Å². The summed E-state index contributed by atoms with van der Waals surface area (Å²) in [5.74, 6) is 3.33. The maximum absolute atomic E-state index is 12.0. The van der Waals surface area contributed by atoms with Crippen molar-refractivity contribution in [3.05, 3.63) is 47.0 Å². The van der Waals surface area contributed by atoms with E-state index in [9.17, 15) is 9.00 Å². The largest absolute Gasteiger partial charge is 0.493 e. The predicted octanol–water partition coefficient (Wildman–Crippen LogP) is 3.92. The van der Waals surface area contributed by atoms with E-state index in [4.69, 9.17) is 14.2 Å². The van der Waals surface area contributed by atoms with Crippen molar-refractivity contribution in [2.24, 2.45) is 5.92 Å². The number of aryl methyl sites for hydroxylation is 1. The smallest absolute Gasteiger partial charge is 0.337 e. The molecule has 0 N–H and O–H groups in total. The van der Waals surface area contributed by atoms with Crippen LogP contribution in [0.4, 0.5) is 0 Å². The number of ether oxygens (including phenoxy) is 3. The highest BCUT2D eigenvalue weighted by Gasteiger charge is 2.22. The van der Waals surface area contributed by atoms with Gasteiger partial charge in [0.05, 0.1) is 25.9 Å². The number of fused-ring (bicyclic) bond motifs is 3. The Hall–Kier alpha value is -2.34. The average Bonchev–Trinajstić information content (AvgIpc) is 2.91. The van der Waals surface area contributed by atoms with Crippen molar-refractivity contribution in [2.45, 2.75) is 26.2 Å². The van der Waals surface area contributed by atoms with E-state index in [-0.39, 0.29) is 5.97 Å². The first-order valence-corrected chi connectivity index (χ1v) is 11.5. The molecule has 0 atom stereocenters. The first kappa shape index (κ1) is 20.0. The molecule has 2 aliphatic rings. The van der Waals surface area contributed by atoms with Crippen LogP contribution in [0.25, 0.3) is 11.1 Å². The van der Waals surface area contributed by atoms with Crippen molar-refractivity contribution in [3.8, 4) is 22.6 Å². The number of hydrogen-bond acceptors (Lipinski definition) is 5.